The highest BCUT2D eigenvalue weighted by atomic mass is 16.6. The number of hydrogen-bond acceptors (Lipinski definition) is 8. The van der Waals surface area contributed by atoms with Gasteiger partial charge < -0.3 is 23.9 Å². The fourth-order valence-electron chi connectivity index (χ4n) is 4.90. The standard InChI is InChI=1S/C28H41N5O4/c1-5-32(28-29-26(20(2)3)31-37-28)16-6-7-17-36-25-14-12-22(13-15-25)21-8-10-23(11-9-21)27(34)33-18-24(19-33)30-35-4/h8,12-14,20,23,25H,5-7,9-11,15-19H2,1-4H3. The van der Waals surface area contributed by atoms with E-state index < -0.39 is 0 Å². The minimum Gasteiger partial charge on any atom is -0.399 e. The smallest absolute Gasteiger partial charge is 0.324 e. The van der Waals surface area contributed by atoms with Gasteiger partial charge in [0.05, 0.1) is 24.9 Å². The van der Waals surface area contributed by atoms with Crippen molar-refractivity contribution in [2.24, 2.45) is 11.1 Å². The Morgan fingerprint density at radius 3 is 2.73 bits per heavy atom. The molecule has 1 aromatic heterocycles. The van der Waals surface area contributed by atoms with Crippen molar-refractivity contribution in [3.63, 3.8) is 0 Å². The molecule has 1 aromatic rings. The fraction of sp³-hybridized carbons (Fsp3) is 0.643. The van der Waals surface area contributed by atoms with Gasteiger partial charge in [0.25, 0.3) is 0 Å². The van der Waals surface area contributed by atoms with Gasteiger partial charge in [0.15, 0.2) is 5.82 Å². The molecule has 0 saturated carbocycles. The van der Waals surface area contributed by atoms with Crippen LogP contribution in [-0.4, -0.2) is 72.7 Å². The van der Waals surface area contributed by atoms with Gasteiger partial charge in [-0.15, -0.1) is 0 Å². The predicted molar refractivity (Wildman–Crippen MR) is 144 cm³/mol. The Balaban J connectivity index is 1.13. The molecular weight excluding hydrogens is 470 g/mol. The summed E-state index contributed by atoms with van der Waals surface area (Å²) in [4.78, 5) is 26.0. The average molecular weight is 512 g/mol. The minimum absolute atomic E-state index is 0.0813. The normalized spacial score (nSPS) is 21.4. The zero-order valence-corrected chi connectivity index (χ0v) is 22.7. The first kappa shape index (κ1) is 27.1. The number of ether oxygens (including phenoxy) is 1. The molecule has 4 rings (SSSR count). The van der Waals surface area contributed by atoms with Crippen LogP contribution < -0.4 is 4.90 Å². The second kappa shape index (κ2) is 13.0. The summed E-state index contributed by atoms with van der Waals surface area (Å²) in [6.07, 6.45) is 14.6. The van der Waals surface area contributed by atoms with Crippen LogP contribution in [-0.2, 0) is 14.4 Å². The number of amides is 1. The van der Waals surface area contributed by atoms with E-state index in [1.165, 1.54) is 18.3 Å². The van der Waals surface area contributed by atoms with Crippen LogP contribution in [0, 0.1) is 5.92 Å². The second-order valence-corrected chi connectivity index (χ2v) is 10.3. The van der Waals surface area contributed by atoms with E-state index >= 15 is 0 Å². The topological polar surface area (TPSA) is 93.3 Å². The molecule has 2 atom stereocenters. The van der Waals surface area contributed by atoms with Crippen molar-refractivity contribution in [2.45, 2.75) is 71.3 Å². The highest BCUT2D eigenvalue weighted by Crippen LogP contribution is 2.32. The maximum atomic E-state index is 12.7. The predicted octanol–water partition coefficient (Wildman–Crippen LogP) is 4.64. The Morgan fingerprint density at radius 1 is 1.27 bits per heavy atom. The highest BCUT2D eigenvalue weighted by Gasteiger charge is 2.33. The number of oxime groups is 1. The van der Waals surface area contributed by atoms with Crippen molar-refractivity contribution in [1.29, 1.82) is 0 Å². The lowest BCUT2D eigenvalue weighted by Crippen LogP contribution is -2.52. The third-order valence-corrected chi connectivity index (χ3v) is 7.22. The Morgan fingerprint density at radius 2 is 2.11 bits per heavy atom. The number of allylic oxidation sites excluding steroid dienone is 4. The Labute approximate surface area is 220 Å². The molecule has 0 aromatic carbocycles. The van der Waals surface area contributed by atoms with E-state index in [1.807, 2.05) is 4.90 Å². The molecule has 0 bridgehead atoms. The van der Waals surface area contributed by atoms with Gasteiger partial charge in [0, 0.05) is 31.5 Å². The van der Waals surface area contributed by atoms with E-state index in [-0.39, 0.29) is 23.8 Å². The van der Waals surface area contributed by atoms with Gasteiger partial charge in [-0.2, -0.15) is 4.98 Å². The van der Waals surface area contributed by atoms with E-state index in [2.05, 4.69) is 65.3 Å². The number of hydrogen-bond donors (Lipinski definition) is 0. The van der Waals surface area contributed by atoms with Gasteiger partial charge >= 0.3 is 6.01 Å². The summed E-state index contributed by atoms with van der Waals surface area (Å²) in [6.45, 7) is 9.88. The molecule has 1 fully saturated rings. The SMILES string of the molecule is CCN(CCCCOC1C=CC(C2=CCC(C(=O)N3CC(=NOC)C3)CC2)=CC1)c1nc(C(C)C)no1. The van der Waals surface area contributed by atoms with Crippen molar-refractivity contribution < 1.29 is 18.9 Å². The molecule has 2 unspecified atom stereocenters. The van der Waals surface area contributed by atoms with Crippen LogP contribution in [0.3, 0.4) is 0 Å². The summed E-state index contributed by atoms with van der Waals surface area (Å²) in [5.41, 5.74) is 3.57. The molecule has 2 heterocycles. The molecule has 37 heavy (non-hydrogen) atoms. The molecule has 9 nitrogen and oxygen atoms in total. The molecule has 0 N–H and O–H groups in total. The van der Waals surface area contributed by atoms with E-state index in [0.717, 1.165) is 69.8 Å². The van der Waals surface area contributed by atoms with Crippen LogP contribution in [0.4, 0.5) is 6.01 Å². The number of rotatable bonds is 12. The Kier molecular flexibility index (Phi) is 9.55. The first-order valence-electron chi connectivity index (χ1n) is 13.6. The van der Waals surface area contributed by atoms with Crippen LogP contribution in [0.25, 0.3) is 0 Å². The summed E-state index contributed by atoms with van der Waals surface area (Å²) in [6, 6.07) is 0.610. The number of carbonyl (C=O) groups excluding carboxylic acids is 1. The van der Waals surface area contributed by atoms with Gasteiger partial charge in [-0.05, 0) is 56.6 Å². The molecule has 1 aliphatic heterocycles. The molecule has 1 saturated heterocycles. The van der Waals surface area contributed by atoms with Crippen LogP contribution >= 0.6 is 0 Å². The van der Waals surface area contributed by atoms with Crippen molar-refractivity contribution in [3.05, 3.63) is 41.3 Å². The summed E-state index contributed by atoms with van der Waals surface area (Å²) < 4.78 is 11.5. The maximum Gasteiger partial charge on any atom is 0.324 e. The lowest BCUT2D eigenvalue weighted by Gasteiger charge is -2.35. The lowest BCUT2D eigenvalue weighted by molar-refractivity contribution is -0.135. The van der Waals surface area contributed by atoms with Crippen LogP contribution in [0.1, 0.15) is 71.0 Å². The largest absolute Gasteiger partial charge is 0.399 e. The van der Waals surface area contributed by atoms with Crippen molar-refractivity contribution in [1.82, 2.24) is 15.0 Å². The highest BCUT2D eigenvalue weighted by molar-refractivity contribution is 6.00. The van der Waals surface area contributed by atoms with Gasteiger partial charge in [-0.25, -0.2) is 0 Å². The molecule has 0 spiro atoms. The number of anilines is 1. The number of unbranched alkanes of at least 4 members (excludes halogenated alkanes) is 1. The van der Waals surface area contributed by atoms with Gasteiger partial charge in [0.2, 0.25) is 5.91 Å². The second-order valence-electron chi connectivity index (χ2n) is 10.3. The number of aromatic nitrogens is 2. The molecular formula is C28H41N5O4. The first-order valence-corrected chi connectivity index (χ1v) is 13.6. The maximum absolute atomic E-state index is 12.7. The van der Waals surface area contributed by atoms with Crippen LogP contribution in [0.15, 0.2) is 45.1 Å². The van der Waals surface area contributed by atoms with E-state index in [1.54, 1.807) is 0 Å². The number of likely N-dealkylation sites (tertiary alicyclic amines) is 1. The van der Waals surface area contributed by atoms with Crippen LogP contribution in [0.2, 0.25) is 0 Å². The van der Waals surface area contributed by atoms with Gasteiger partial charge in [-0.3, -0.25) is 4.79 Å². The Hall–Kier alpha value is -2.94. The number of nitrogens with zero attached hydrogens (tertiary/aromatic N) is 5. The summed E-state index contributed by atoms with van der Waals surface area (Å²) in [7, 11) is 1.54. The Bertz CT molecular complexity index is 1030. The van der Waals surface area contributed by atoms with Crippen LogP contribution in [0.5, 0.6) is 0 Å². The van der Waals surface area contributed by atoms with E-state index in [9.17, 15) is 4.79 Å². The molecule has 202 valence electrons. The average Bonchev–Trinajstić information content (AvgIpc) is 3.39. The quantitative estimate of drug-likeness (QED) is 0.298. The van der Waals surface area contributed by atoms with Crippen molar-refractivity contribution in [2.75, 3.05) is 44.8 Å². The summed E-state index contributed by atoms with van der Waals surface area (Å²) in [5.74, 6) is 1.34. The first-order chi connectivity index (χ1) is 18.0. The third-order valence-electron chi connectivity index (χ3n) is 7.22. The van der Waals surface area contributed by atoms with Gasteiger partial charge in [0.1, 0.15) is 7.11 Å². The minimum atomic E-state index is 0.0813. The molecule has 9 heteroatoms. The van der Waals surface area contributed by atoms with Crippen molar-refractivity contribution >= 4 is 17.6 Å². The van der Waals surface area contributed by atoms with E-state index in [0.29, 0.717) is 19.1 Å². The molecule has 1 amide bonds. The lowest BCUT2D eigenvalue weighted by atomic mass is 9.84. The number of carbonyl (C=O) groups is 1. The van der Waals surface area contributed by atoms with E-state index in [4.69, 9.17) is 14.1 Å². The zero-order chi connectivity index (χ0) is 26.2. The summed E-state index contributed by atoms with van der Waals surface area (Å²) in [5, 5.41) is 7.99. The fourth-order valence-corrected chi connectivity index (χ4v) is 4.90. The summed E-state index contributed by atoms with van der Waals surface area (Å²) >= 11 is 0. The van der Waals surface area contributed by atoms with Crippen molar-refractivity contribution in [3.8, 4) is 0 Å². The zero-order valence-electron chi connectivity index (χ0n) is 22.7. The molecule has 0 radical (unpaired) electrons. The molecule has 2 aliphatic carbocycles. The monoisotopic (exact) mass is 511 g/mol. The van der Waals surface area contributed by atoms with Gasteiger partial charge in [-0.1, -0.05) is 48.5 Å². The molecule has 3 aliphatic rings. The third kappa shape index (κ3) is 7.09.